The van der Waals surface area contributed by atoms with E-state index in [-0.39, 0.29) is 12.7 Å². The Hall–Kier alpha value is -1.36. The quantitative estimate of drug-likeness (QED) is 0.397. The van der Waals surface area contributed by atoms with Crippen LogP contribution in [0.5, 0.6) is 0 Å². The molecule has 15 heavy (non-hydrogen) atoms. The molecule has 0 saturated carbocycles. The van der Waals surface area contributed by atoms with Crippen molar-refractivity contribution in [3.63, 3.8) is 0 Å². The van der Waals surface area contributed by atoms with Gasteiger partial charge >= 0.3 is 5.97 Å². The minimum Gasteiger partial charge on any atom is -0.461 e. The van der Waals surface area contributed by atoms with Gasteiger partial charge in [-0.1, -0.05) is 6.58 Å². The number of hydrogen-bond acceptors (Lipinski definition) is 4. The van der Waals surface area contributed by atoms with Gasteiger partial charge in [0.15, 0.2) is 0 Å². The fourth-order valence-corrected chi connectivity index (χ4v) is 0.923. The summed E-state index contributed by atoms with van der Waals surface area (Å²) in [6, 6.07) is 0. The Morgan fingerprint density at radius 2 is 2.27 bits per heavy atom. The maximum absolute atomic E-state index is 11.5. The number of ether oxygens (including phenoxy) is 2. The van der Waals surface area contributed by atoms with Crippen LogP contribution in [0.2, 0.25) is 0 Å². The minimum atomic E-state index is -1.04. The first-order valence-corrected chi connectivity index (χ1v) is 4.69. The molecule has 1 aliphatic rings. The average molecular weight is 213 g/mol. The first-order chi connectivity index (χ1) is 6.95. The molecule has 0 aromatic heterocycles. The van der Waals surface area contributed by atoms with Crippen LogP contribution >= 0.6 is 0 Å². The van der Waals surface area contributed by atoms with Crippen LogP contribution in [0, 0.1) is 0 Å². The van der Waals surface area contributed by atoms with Crippen LogP contribution in [0.15, 0.2) is 12.7 Å². The van der Waals surface area contributed by atoms with Crippen molar-refractivity contribution in [2.24, 2.45) is 0 Å². The van der Waals surface area contributed by atoms with Crippen LogP contribution in [-0.4, -0.2) is 36.7 Å². The van der Waals surface area contributed by atoms with Crippen molar-refractivity contribution in [1.29, 1.82) is 0 Å². The van der Waals surface area contributed by atoms with Crippen LogP contribution in [0.4, 0.5) is 0 Å². The predicted molar refractivity (Wildman–Crippen MR) is 53.1 cm³/mol. The van der Waals surface area contributed by atoms with E-state index >= 15 is 0 Å². The Bertz CT molecular complexity index is 281. The van der Waals surface area contributed by atoms with E-state index in [1.54, 1.807) is 13.8 Å². The third kappa shape index (κ3) is 3.71. The van der Waals surface area contributed by atoms with Crippen molar-refractivity contribution in [3.05, 3.63) is 12.7 Å². The van der Waals surface area contributed by atoms with E-state index in [0.29, 0.717) is 6.61 Å². The summed E-state index contributed by atoms with van der Waals surface area (Å²) in [4.78, 5) is 22.5. The molecule has 1 amide bonds. The highest BCUT2D eigenvalue weighted by Gasteiger charge is 2.32. The zero-order chi connectivity index (χ0) is 11.5. The summed E-state index contributed by atoms with van der Waals surface area (Å²) in [5.41, 5.74) is -1.04. The number of esters is 1. The van der Waals surface area contributed by atoms with Gasteiger partial charge in [-0.25, -0.2) is 4.79 Å². The van der Waals surface area contributed by atoms with Crippen molar-refractivity contribution in [3.8, 4) is 0 Å². The number of hydrogen-bond donors (Lipinski definition) is 1. The van der Waals surface area contributed by atoms with Crippen LogP contribution in [0.3, 0.4) is 0 Å². The van der Waals surface area contributed by atoms with E-state index in [9.17, 15) is 9.59 Å². The number of epoxide rings is 1. The SMILES string of the molecule is C=CC(=O)NC(C)(C)C(=O)OCC1CO1. The maximum atomic E-state index is 11.5. The van der Waals surface area contributed by atoms with Gasteiger partial charge in [-0.15, -0.1) is 0 Å². The molecule has 0 aliphatic carbocycles. The van der Waals surface area contributed by atoms with Crippen molar-refractivity contribution >= 4 is 11.9 Å². The van der Waals surface area contributed by atoms with Gasteiger partial charge in [0.25, 0.3) is 0 Å². The van der Waals surface area contributed by atoms with Gasteiger partial charge in [-0.2, -0.15) is 0 Å². The Morgan fingerprint density at radius 3 is 2.73 bits per heavy atom. The molecule has 84 valence electrons. The third-order valence-corrected chi connectivity index (χ3v) is 1.93. The van der Waals surface area contributed by atoms with Crippen molar-refractivity contribution in [2.45, 2.75) is 25.5 Å². The van der Waals surface area contributed by atoms with Crippen LogP contribution in [-0.2, 0) is 19.1 Å². The molecule has 1 heterocycles. The lowest BCUT2D eigenvalue weighted by atomic mass is 10.1. The van der Waals surface area contributed by atoms with E-state index in [2.05, 4.69) is 11.9 Å². The number of carbonyl (C=O) groups excluding carboxylic acids is 2. The van der Waals surface area contributed by atoms with Gasteiger partial charge in [0, 0.05) is 0 Å². The molecule has 0 bridgehead atoms. The molecule has 1 unspecified atom stereocenters. The van der Waals surface area contributed by atoms with E-state index < -0.39 is 17.4 Å². The summed E-state index contributed by atoms with van der Waals surface area (Å²) in [5.74, 6) is -0.882. The highest BCUT2D eigenvalue weighted by molar-refractivity contribution is 5.92. The Labute approximate surface area is 88.4 Å². The molecule has 1 atom stereocenters. The van der Waals surface area contributed by atoms with Crippen LogP contribution < -0.4 is 5.32 Å². The molecule has 0 aromatic carbocycles. The first-order valence-electron chi connectivity index (χ1n) is 4.69. The van der Waals surface area contributed by atoms with Crippen molar-refractivity contribution in [2.75, 3.05) is 13.2 Å². The van der Waals surface area contributed by atoms with Gasteiger partial charge in [0.1, 0.15) is 18.2 Å². The molecule has 0 radical (unpaired) electrons. The molecule has 0 aromatic rings. The molecule has 0 spiro atoms. The summed E-state index contributed by atoms with van der Waals surface area (Å²) in [6.45, 7) is 7.33. The molecule has 1 aliphatic heterocycles. The standard InChI is InChI=1S/C10H15NO4/c1-4-8(12)11-10(2,3)9(13)15-6-7-5-14-7/h4,7H,1,5-6H2,2-3H3,(H,11,12). The summed E-state index contributed by atoms with van der Waals surface area (Å²) < 4.78 is 9.86. The number of amides is 1. The fraction of sp³-hybridized carbons (Fsp3) is 0.600. The van der Waals surface area contributed by atoms with Gasteiger partial charge < -0.3 is 14.8 Å². The summed E-state index contributed by atoms with van der Waals surface area (Å²) >= 11 is 0. The Balaban J connectivity index is 2.39. The lowest BCUT2D eigenvalue weighted by Crippen LogP contribution is -2.50. The Morgan fingerprint density at radius 1 is 1.67 bits per heavy atom. The molecule has 5 heteroatoms. The molecular formula is C10H15NO4. The van der Waals surface area contributed by atoms with E-state index in [0.717, 1.165) is 6.08 Å². The average Bonchev–Trinajstić information content (AvgIpc) is 2.96. The number of carbonyl (C=O) groups is 2. The fourth-order valence-electron chi connectivity index (χ4n) is 0.923. The molecule has 1 fully saturated rings. The first kappa shape index (κ1) is 11.7. The molecule has 1 N–H and O–H groups in total. The number of rotatable bonds is 5. The summed E-state index contributed by atoms with van der Waals surface area (Å²) in [5, 5.41) is 2.48. The van der Waals surface area contributed by atoms with Gasteiger partial charge in [0.2, 0.25) is 5.91 Å². The maximum Gasteiger partial charge on any atom is 0.331 e. The lowest BCUT2D eigenvalue weighted by molar-refractivity contribution is -0.152. The monoisotopic (exact) mass is 213 g/mol. The van der Waals surface area contributed by atoms with Crippen molar-refractivity contribution in [1.82, 2.24) is 5.32 Å². The van der Waals surface area contributed by atoms with Gasteiger partial charge in [-0.05, 0) is 19.9 Å². The molecule has 1 saturated heterocycles. The van der Waals surface area contributed by atoms with Crippen LogP contribution in [0.1, 0.15) is 13.8 Å². The topological polar surface area (TPSA) is 67.9 Å². The molecule has 1 rings (SSSR count). The van der Waals surface area contributed by atoms with Crippen LogP contribution in [0.25, 0.3) is 0 Å². The van der Waals surface area contributed by atoms with E-state index in [1.165, 1.54) is 0 Å². The zero-order valence-corrected chi connectivity index (χ0v) is 8.91. The lowest BCUT2D eigenvalue weighted by Gasteiger charge is -2.23. The summed E-state index contributed by atoms with van der Waals surface area (Å²) in [7, 11) is 0. The Kier molecular flexibility index (Phi) is 3.47. The van der Waals surface area contributed by atoms with Crippen molar-refractivity contribution < 1.29 is 19.1 Å². The largest absolute Gasteiger partial charge is 0.461 e. The molecule has 5 nitrogen and oxygen atoms in total. The molecular weight excluding hydrogens is 198 g/mol. The van der Waals surface area contributed by atoms with Gasteiger partial charge in [-0.3, -0.25) is 4.79 Å². The minimum absolute atomic E-state index is 0.0276. The highest BCUT2D eigenvalue weighted by Crippen LogP contribution is 2.11. The predicted octanol–water partition coefficient (Wildman–Crippen LogP) is 0.00920. The second-order valence-corrected chi connectivity index (χ2v) is 3.87. The highest BCUT2D eigenvalue weighted by atomic mass is 16.6. The second-order valence-electron chi connectivity index (χ2n) is 3.87. The smallest absolute Gasteiger partial charge is 0.331 e. The van der Waals surface area contributed by atoms with Gasteiger partial charge in [0.05, 0.1) is 6.61 Å². The van der Waals surface area contributed by atoms with E-state index in [4.69, 9.17) is 9.47 Å². The second kappa shape index (κ2) is 4.44. The third-order valence-electron chi connectivity index (χ3n) is 1.93. The normalized spacial score (nSPS) is 19.2. The summed E-state index contributed by atoms with van der Waals surface area (Å²) in [6.07, 6.45) is 1.14. The van der Waals surface area contributed by atoms with E-state index in [1.807, 2.05) is 0 Å². The zero-order valence-electron chi connectivity index (χ0n) is 8.91. The number of nitrogens with one attached hydrogen (secondary N) is 1.